The number of hydrogen-bond acceptors (Lipinski definition) is 5. The number of aromatic nitrogens is 1. The summed E-state index contributed by atoms with van der Waals surface area (Å²) < 4.78 is 5.00. The van der Waals surface area contributed by atoms with Gasteiger partial charge in [-0.2, -0.15) is 0 Å². The number of aldehydes is 1. The van der Waals surface area contributed by atoms with E-state index in [4.69, 9.17) is 4.42 Å². The monoisotopic (exact) mass is 299 g/mol. The number of rotatable bonds is 6. The van der Waals surface area contributed by atoms with Crippen LogP contribution in [0.2, 0.25) is 0 Å². The summed E-state index contributed by atoms with van der Waals surface area (Å²) in [4.78, 5) is 39.8. The van der Waals surface area contributed by atoms with E-state index in [0.717, 1.165) is 11.0 Å². The van der Waals surface area contributed by atoms with Gasteiger partial charge >= 0.3 is 0 Å². The first-order valence-corrected chi connectivity index (χ1v) is 6.34. The molecule has 2 heterocycles. The summed E-state index contributed by atoms with van der Waals surface area (Å²) in [5.74, 6) is -0.721. The highest BCUT2D eigenvalue weighted by Gasteiger charge is 2.19. The molecule has 2 aromatic heterocycles. The van der Waals surface area contributed by atoms with Crippen molar-refractivity contribution in [2.45, 2.75) is 0 Å². The first-order valence-electron chi connectivity index (χ1n) is 6.34. The van der Waals surface area contributed by atoms with Crippen molar-refractivity contribution in [1.82, 2.24) is 4.98 Å². The summed E-state index contributed by atoms with van der Waals surface area (Å²) in [5.41, 5.74) is 0.279. The molecular formula is C15H13N3O4. The van der Waals surface area contributed by atoms with E-state index >= 15 is 0 Å². The largest absolute Gasteiger partial charge is 0.459 e. The highest BCUT2D eigenvalue weighted by Crippen LogP contribution is 2.23. The first-order chi connectivity index (χ1) is 10.7. The average molecular weight is 299 g/mol. The standard InChI is InChI=1S/C15H13N3O4/c1-2-13(20)18(8-9-19)14-11(5-3-7-16-14)17-15(21)12-6-4-10-22-12/h2-7,9-10H,1,8H2,(H,17,21). The molecule has 2 rings (SSSR count). The molecule has 0 fully saturated rings. The van der Waals surface area contributed by atoms with Gasteiger partial charge in [-0.05, 0) is 30.3 Å². The zero-order valence-electron chi connectivity index (χ0n) is 11.6. The van der Waals surface area contributed by atoms with E-state index in [9.17, 15) is 14.4 Å². The third-order valence-electron chi connectivity index (χ3n) is 2.73. The van der Waals surface area contributed by atoms with Gasteiger partial charge in [-0.1, -0.05) is 6.58 Å². The topological polar surface area (TPSA) is 92.5 Å². The summed E-state index contributed by atoms with van der Waals surface area (Å²) in [6.07, 6.45) is 4.45. The molecule has 112 valence electrons. The van der Waals surface area contributed by atoms with E-state index in [-0.39, 0.29) is 23.8 Å². The molecule has 0 aliphatic carbocycles. The molecule has 22 heavy (non-hydrogen) atoms. The Bertz CT molecular complexity index is 695. The van der Waals surface area contributed by atoms with Gasteiger partial charge < -0.3 is 14.5 Å². The zero-order valence-corrected chi connectivity index (χ0v) is 11.6. The summed E-state index contributed by atoms with van der Waals surface area (Å²) in [6.45, 7) is 3.18. The van der Waals surface area contributed by atoms with Crippen LogP contribution in [0.1, 0.15) is 10.6 Å². The maximum Gasteiger partial charge on any atom is 0.291 e. The summed E-state index contributed by atoms with van der Waals surface area (Å²) in [7, 11) is 0. The fraction of sp³-hybridized carbons (Fsp3) is 0.0667. The second-order valence-corrected chi connectivity index (χ2v) is 4.13. The minimum Gasteiger partial charge on any atom is -0.459 e. The van der Waals surface area contributed by atoms with Crippen molar-refractivity contribution in [2.75, 3.05) is 16.8 Å². The van der Waals surface area contributed by atoms with Crippen molar-refractivity contribution >= 4 is 29.6 Å². The maximum atomic E-state index is 12.0. The van der Waals surface area contributed by atoms with Crippen LogP contribution in [-0.2, 0) is 9.59 Å². The second kappa shape index (κ2) is 6.98. The lowest BCUT2D eigenvalue weighted by Gasteiger charge is -2.20. The first kappa shape index (κ1) is 15.2. The van der Waals surface area contributed by atoms with E-state index < -0.39 is 11.8 Å². The van der Waals surface area contributed by atoms with Gasteiger partial charge in [0, 0.05) is 6.20 Å². The molecule has 2 aromatic rings. The van der Waals surface area contributed by atoms with Crippen LogP contribution in [0.25, 0.3) is 0 Å². The van der Waals surface area contributed by atoms with Crippen molar-refractivity contribution in [3.63, 3.8) is 0 Å². The van der Waals surface area contributed by atoms with E-state index in [0.29, 0.717) is 6.29 Å². The van der Waals surface area contributed by atoms with Gasteiger partial charge in [0.05, 0.1) is 18.5 Å². The molecule has 0 aromatic carbocycles. The Balaban J connectivity index is 2.32. The molecule has 0 aliphatic heterocycles. The van der Waals surface area contributed by atoms with Gasteiger partial charge in [0.15, 0.2) is 11.6 Å². The van der Waals surface area contributed by atoms with Crippen molar-refractivity contribution in [1.29, 1.82) is 0 Å². The van der Waals surface area contributed by atoms with Gasteiger partial charge in [0.2, 0.25) is 0 Å². The molecule has 0 bridgehead atoms. The van der Waals surface area contributed by atoms with Crippen LogP contribution in [0.5, 0.6) is 0 Å². The molecule has 0 radical (unpaired) electrons. The minimum absolute atomic E-state index is 0.117. The maximum absolute atomic E-state index is 12.0. The van der Waals surface area contributed by atoms with Gasteiger partial charge in [0.1, 0.15) is 6.29 Å². The Morgan fingerprint density at radius 2 is 2.18 bits per heavy atom. The van der Waals surface area contributed by atoms with E-state index in [2.05, 4.69) is 16.9 Å². The van der Waals surface area contributed by atoms with Crippen LogP contribution in [0.15, 0.2) is 53.8 Å². The van der Waals surface area contributed by atoms with E-state index in [1.165, 1.54) is 18.5 Å². The summed E-state index contributed by atoms with van der Waals surface area (Å²) in [5, 5.41) is 2.59. The van der Waals surface area contributed by atoms with Crippen molar-refractivity contribution in [2.24, 2.45) is 0 Å². The minimum atomic E-state index is -0.501. The Hall–Kier alpha value is -3.22. The average Bonchev–Trinajstić information content (AvgIpc) is 3.07. The molecule has 0 saturated heterocycles. The van der Waals surface area contributed by atoms with Crippen LogP contribution < -0.4 is 10.2 Å². The van der Waals surface area contributed by atoms with Gasteiger partial charge in [-0.3, -0.25) is 14.5 Å². The number of anilines is 2. The quantitative estimate of drug-likeness (QED) is 0.646. The van der Waals surface area contributed by atoms with Crippen LogP contribution in [-0.4, -0.2) is 29.6 Å². The highest BCUT2D eigenvalue weighted by atomic mass is 16.3. The van der Waals surface area contributed by atoms with E-state index in [1.54, 1.807) is 18.2 Å². The lowest BCUT2D eigenvalue weighted by molar-refractivity contribution is -0.116. The number of furan rings is 1. The fourth-order valence-electron chi connectivity index (χ4n) is 1.77. The third kappa shape index (κ3) is 3.26. The summed E-state index contributed by atoms with van der Waals surface area (Å²) >= 11 is 0. The molecule has 2 amide bonds. The Labute approximate surface area is 126 Å². The normalized spacial score (nSPS) is 9.82. The second-order valence-electron chi connectivity index (χ2n) is 4.13. The SMILES string of the molecule is C=CC(=O)N(CC=O)c1ncccc1NC(=O)c1ccco1. The van der Waals surface area contributed by atoms with Crippen molar-refractivity contribution in [3.8, 4) is 0 Å². The molecule has 7 nitrogen and oxygen atoms in total. The van der Waals surface area contributed by atoms with Crippen LogP contribution in [0.4, 0.5) is 11.5 Å². The van der Waals surface area contributed by atoms with Crippen molar-refractivity contribution in [3.05, 3.63) is 55.1 Å². The number of nitrogens with zero attached hydrogens (tertiary/aromatic N) is 2. The van der Waals surface area contributed by atoms with Crippen LogP contribution in [0.3, 0.4) is 0 Å². The molecule has 7 heteroatoms. The smallest absolute Gasteiger partial charge is 0.291 e. The van der Waals surface area contributed by atoms with Crippen molar-refractivity contribution < 1.29 is 18.8 Å². The van der Waals surface area contributed by atoms with Gasteiger partial charge in [-0.25, -0.2) is 4.98 Å². The van der Waals surface area contributed by atoms with Crippen LogP contribution in [0, 0.1) is 0 Å². The number of nitrogens with one attached hydrogen (secondary N) is 1. The lowest BCUT2D eigenvalue weighted by Crippen LogP contribution is -2.32. The molecular weight excluding hydrogens is 286 g/mol. The number of amides is 2. The molecule has 0 unspecified atom stereocenters. The lowest BCUT2D eigenvalue weighted by atomic mass is 10.3. The fourth-order valence-corrected chi connectivity index (χ4v) is 1.77. The molecule has 1 N–H and O–H groups in total. The Morgan fingerprint density at radius 3 is 2.82 bits per heavy atom. The molecule has 0 atom stereocenters. The predicted octanol–water partition coefficient (Wildman–Crippen LogP) is 1.64. The zero-order chi connectivity index (χ0) is 15.9. The number of hydrogen-bond donors (Lipinski definition) is 1. The Kier molecular flexibility index (Phi) is 4.81. The molecule has 0 saturated carbocycles. The highest BCUT2D eigenvalue weighted by molar-refractivity contribution is 6.08. The Morgan fingerprint density at radius 1 is 1.36 bits per heavy atom. The predicted molar refractivity (Wildman–Crippen MR) is 79.5 cm³/mol. The number of pyridine rings is 1. The number of carbonyl (C=O) groups is 3. The molecule has 0 aliphatic rings. The van der Waals surface area contributed by atoms with Gasteiger partial charge in [0.25, 0.3) is 11.8 Å². The van der Waals surface area contributed by atoms with E-state index in [1.807, 2.05) is 0 Å². The number of carbonyl (C=O) groups excluding carboxylic acids is 3. The third-order valence-corrected chi connectivity index (χ3v) is 2.73. The van der Waals surface area contributed by atoms with Gasteiger partial charge in [-0.15, -0.1) is 0 Å². The summed E-state index contributed by atoms with van der Waals surface area (Å²) in [6, 6.07) is 6.25. The van der Waals surface area contributed by atoms with Crippen LogP contribution >= 0.6 is 0 Å². The molecule has 0 spiro atoms.